The first-order valence-corrected chi connectivity index (χ1v) is 11.7. The van der Waals surface area contributed by atoms with Crippen molar-refractivity contribution in [2.75, 3.05) is 30.3 Å². The highest BCUT2D eigenvalue weighted by molar-refractivity contribution is 7.10. The molecule has 7 heteroatoms. The van der Waals surface area contributed by atoms with Crippen molar-refractivity contribution in [3.05, 3.63) is 76.5 Å². The van der Waals surface area contributed by atoms with Gasteiger partial charge in [0.25, 0.3) is 5.91 Å². The fraction of sp³-hybridized carbons (Fsp3) is 0.280. The highest BCUT2D eigenvalue weighted by atomic mass is 32.1. The van der Waals surface area contributed by atoms with Crippen LogP contribution in [-0.4, -0.2) is 36.4 Å². The number of carbonyl (C=O) groups excluding carboxylic acids is 2. The standard InChI is InChI=1S/C25H27N3O3S/c1-2-31-21-13-11-20(12-14-21)27-25(30)18-7-9-19(10-8-18)26-24(29)17-28-15-3-5-22(28)23-6-4-16-32-23/h4,6-14,16,22H,2-3,5,15,17H2,1H3,(H,26,29)(H,27,30)/t22-/m1/s1. The van der Waals surface area contributed by atoms with E-state index < -0.39 is 0 Å². The number of nitrogens with one attached hydrogen (secondary N) is 2. The largest absolute Gasteiger partial charge is 0.494 e. The first-order chi connectivity index (χ1) is 15.6. The number of amides is 2. The summed E-state index contributed by atoms with van der Waals surface area (Å²) in [6.07, 6.45) is 2.19. The summed E-state index contributed by atoms with van der Waals surface area (Å²) in [6.45, 7) is 3.82. The molecule has 4 rings (SSSR count). The average molecular weight is 450 g/mol. The zero-order valence-electron chi connectivity index (χ0n) is 18.0. The minimum atomic E-state index is -0.206. The molecule has 6 nitrogen and oxygen atoms in total. The Balaban J connectivity index is 1.30. The molecule has 0 unspecified atom stereocenters. The Bertz CT molecular complexity index is 1030. The summed E-state index contributed by atoms with van der Waals surface area (Å²) in [5.41, 5.74) is 1.90. The number of anilines is 2. The molecule has 2 amide bonds. The summed E-state index contributed by atoms with van der Waals surface area (Å²) in [7, 11) is 0. The molecule has 2 aromatic carbocycles. The quantitative estimate of drug-likeness (QED) is 0.497. The van der Waals surface area contributed by atoms with Gasteiger partial charge >= 0.3 is 0 Å². The number of benzene rings is 2. The molecule has 1 aromatic heterocycles. The van der Waals surface area contributed by atoms with Gasteiger partial charge in [0.1, 0.15) is 5.75 Å². The summed E-state index contributed by atoms with van der Waals surface area (Å²) in [6, 6.07) is 18.7. The second kappa shape index (κ2) is 10.4. The second-order valence-electron chi connectivity index (χ2n) is 7.68. The van der Waals surface area contributed by atoms with Crippen LogP contribution in [0.4, 0.5) is 11.4 Å². The number of thiophene rings is 1. The average Bonchev–Trinajstić information content (AvgIpc) is 3.47. The fourth-order valence-corrected chi connectivity index (χ4v) is 4.81. The third-order valence-corrected chi connectivity index (χ3v) is 6.41. The molecule has 166 valence electrons. The summed E-state index contributed by atoms with van der Waals surface area (Å²) in [5.74, 6) is 0.518. The van der Waals surface area contributed by atoms with Gasteiger partial charge in [0.15, 0.2) is 0 Å². The Labute approximate surface area is 192 Å². The minimum Gasteiger partial charge on any atom is -0.494 e. The van der Waals surface area contributed by atoms with Crippen LogP contribution in [-0.2, 0) is 4.79 Å². The first-order valence-electron chi connectivity index (χ1n) is 10.8. The summed E-state index contributed by atoms with van der Waals surface area (Å²) >= 11 is 1.75. The highest BCUT2D eigenvalue weighted by Crippen LogP contribution is 2.34. The molecule has 1 aliphatic rings. The van der Waals surface area contributed by atoms with Gasteiger partial charge in [-0.2, -0.15) is 0 Å². The fourth-order valence-electron chi connectivity index (χ4n) is 3.91. The van der Waals surface area contributed by atoms with Crippen molar-refractivity contribution in [3.63, 3.8) is 0 Å². The Kier molecular flexibility index (Phi) is 7.19. The van der Waals surface area contributed by atoms with Gasteiger partial charge in [-0.25, -0.2) is 0 Å². The maximum absolute atomic E-state index is 12.6. The van der Waals surface area contributed by atoms with Crippen molar-refractivity contribution in [2.45, 2.75) is 25.8 Å². The number of hydrogen-bond acceptors (Lipinski definition) is 5. The van der Waals surface area contributed by atoms with Crippen molar-refractivity contribution in [3.8, 4) is 5.75 Å². The van der Waals surface area contributed by atoms with Crippen LogP contribution in [0.5, 0.6) is 5.75 Å². The topological polar surface area (TPSA) is 70.7 Å². The van der Waals surface area contributed by atoms with Crippen molar-refractivity contribution >= 4 is 34.5 Å². The third-order valence-electron chi connectivity index (χ3n) is 5.44. The van der Waals surface area contributed by atoms with Gasteiger partial charge < -0.3 is 15.4 Å². The predicted molar refractivity (Wildman–Crippen MR) is 129 cm³/mol. The molecule has 0 saturated carbocycles. The highest BCUT2D eigenvalue weighted by Gasteiger charge is 2.28. The lowest BCUT2D eigenvalue weighted by atomic mass is 10.2. The van der Waals surface area contributed by atoms with Crippen LogP contribution in [0.3, 0.4) is 0 Å². The Morgan fingerprint density at radius 2 is 1.75 bits per heavy atom. The lowest BCUT2D eigenvalue weighted by Crippen LogP contribution is -2.32. The van der Waals surface area contributed by atoms with Crippen LogP contribution in [0.2, 0.25) is 0 Å². The molecule has 0 aliphatic carbocycles. The molecule has 1 saturated heterocycles. The van der Waals surface area contributed by atoms with Crippen molar-refractivity contribution in [1.29, 1.82) is 0 Å². The molecule has 1 aliphatic heterocycles. The minimum absolute atomic E-state index is 0.0416. The number of likely N-dealkylation sites (tertiary alicyclic amines) is 1. The molecule has 1 atom stereocenters. The van der Waals surface area contributed by atoms with Crippen LogP contribution >= 0.6 is 11.3 Å². The molecule has 1 fully saturated rings. The molecule has 2 N–H and O–H groups in total. The Morgan fingerprint density at radius 3 is 2.44 bits per heavy atom. The van der Waals surface area contributed by atoms with E-state index >= 15 is 0 Å². The molecule has 0 radical (unpaired) electrons. The van der Waals surface area contributed by atoms with Gasteiger partial charge in [-0.15, -0.1) is 11.3 Å². The Hall–Kier alpha value is -3.16. The molecule has 32 heavy (non-hydrogen) atoms. The summed E-state index contributed by atoms with van der Waals surface area (Å²) in [5, 5.41) is 7.90. The number of nitrogens with zero attached hydrogens (tertiary/aromatic N) is 1. The van der Waals surface area contributed by atoms with E-state index in [1.807, 2.05) is 19.1 Å². The SMILES string of the molecule is CCOc1ccc(NC(=O)c2ccc(NC(=O)CN3CCC[C@@H]3c3cccs3)cc2)cc1. The van der Waals surface area contributed by atoms with E-state index in [4.69, 9.17) is 4.74 Å². The first kappa shape index (κ1) is 22.0. The molecular weight excluding hydrogens is 422 g/mol. The van der Waals surface area contributed by atoms with Crippen molar-refractivity contribution in [2.24, 2.45) is 0 Å². The van der Waals surface area contributed by atoms with E-state index in [1.54, 1.807) is 47.7 Å². The van der Waals surface area contributed by atoms with Gasteiger partial charge in [0.05, 0.1) is 13.2 Å². The third kappa shape index (κ3) is 5.55. The molecule has 0 bridgehead atoms. The van der Waals surface area contributed by atoms with Crippen LogP contribution in [0.1, 0.15) is 41.0 Å². The number of hydrogen-bond donors (Lipinski definition) is 2. The van der Waals surface area contributed by atoms with Gasteiger partial charge in [-0.3, -0.25) is 14.5 Å². The summed E-state index contributed by atoms with van der Waals surface area (Å²) < 4.78 is 5.41. The zero-order chi connectivity index (χ0) is 22.3. The second-order valence-corrected chi connectivity index (χ2v) is 8.66. The maximum atomic E-state index is 12.6. The van der Waals surface area contributed by atoms with E-state index in [9.17, 15) is 9.59 Å². The molecule has 2 heterocycles. The van der Waals surface area contributed by atoms with Gasteiger partial charge in [-0.1, -0.05) is 6.07 Å². The Morgan fingerprint density at radius 1 is 1.03 bits per heavy atom. The van der Waals surface area contributed by atoms with E-state index in [0.29, 0.717) is 36.1 Å². The molecule has 3 aromatic rings. The van der Waals surface area contributed by atoms with E-state index in [1.165, 1.54) is 4.88 Å². The van der Waals surface area contributed by atoms with Crippen LogP contribution in [0, 0.1) is 0 Å². The normalized spacial score (nSPS) is 16.0. The summed E-state index contributed by atoms with van der Waals surface area (Å²) in [4.78, 5) is 28.6. The van der Waals surface area contributed by atoms with Gasteiger partial charge in [-0.05, 0) is 86.3 Å². The molecule has 0 spiro atoms. The number of carbonyl (C=O) groups is 2. The monoisotopic (exact) mass is 449 g/mol. The van der Waals surface area contributed by atoms with Crippen LogP contribution < -0.4 is 15.4 Å². The van der Waals surface area contributed by atoms with Gasteiger partial charge in [0, 0.05) is 27.9 Å². The van der Waals surface area contributed by atoms with Crippen molar-refractivity contribution < 1.29 is 14.3 Å². The molecular formula is C25H27N3O3S. The van der Waals surface area contributed by atoms with E-state index in [0.717, 1.165) is 25.1 Å². The van der Waals surface area contributed by atoms with Crippen LogP contribution in [0.25, 0.3) is 0 Å². The smallest absolute Gasteiger partial charge is 0.255 e. The van der Waals surface area contributed by atoms with E-state index in [2.05, 4.69) is 33.0 Å². The number of rotatable bonds is 8. The van der Waals surface area contributed by atoms with Gasteiger partial charge in [0.2, 0.25) is 5.91 Å². The lowest BCUT2D eigenvalue weighted by molar-refractivity contribution is -0.117. The maximum Gasteiger partial charge on any atom is 0.255 e. The predicted octanol–water partition coefficient (Wildman–Crippen LogP) is 5.17. The van der Waals surface area contributed by atoms with E-state index in [-0.39, 0.29) is 11.8 Å². The van der Waals surface area contributed by atoms with Crippen LogP contribution in [0.15, 0.2) is 66.0 Å². The lowest BCUT2D eigenvalue weighted by Gasteiger charge is -2.22. The number of ether oxygens (including phenoxy) is 1. The van der Waals surface area contributed by atoms with Crippen molar-refractivity contribution in [1.82, 2.24) is 4.90 Å². The zero-order valence-corrected chi connectivity index (χ0v) is 18.9.